The fraction of sp³-hybridized carbons (Fsp3) is 0.304. The molecule has 0 saturated carbocycles. The van der Waals surface area contributed by atoms with Gasteiger partial charge in [0.1, 0.15) is 18.5 Å². The molecule has 2 aliphatic heterocycles. The predicted molar refractivity (Wildman–Crippen MR) is 112 cm³/mol. The lowest BCUT2D eigenvalue weighted by Gasteiger charge is -2.29. The number of piperidine rings is 1. The molecule has 2 N–H and O–H groups in total. The zero-order chi connectivity index (χ0) is 23.0. The van der Waals surface area contributed by atoms with Crippen molar-refractivity contribution >= 4 is 29.5 Å². The smallest absolute Gasteiger partial charge is 0.412 e. The highest BCUT2D eigenvalue weighted by atomic mass is 19.1. The van der Waals surface area contributed by atoms with E-state index in [-0.39, 0.29) is 43.5 Å². The lowest BCUT2D eigenvalue weighted by molar-refractivity contribution is -0.136. The van der Waals surface area contributed by atoms with Crippen LogP contribution in [0.25, 0.3) is 0 Å². The van der Waals surface area contributed by atoms with E-state index in [4.69, 9.17) is 4.74 Å². The number of rotatable bonds is 4. The van der Waals surface area contributed by atoms with Gasteiger partial charge >= 0.3 is 6.09 Å². The number of carbonyl (C=O) groups excluding carboxylic acids is 4. The molecule has 2 aromatic carbocycles. The van der Waals surface area contributed by atoms with E-state index < -0.39 is 23.9 Å². The van der Waals surface area contributed by atoms with Gasteiger partial charge in [-0.2, -0.15) is 0 Å². The van der Waals surface area contributed by atoms with Crippen molar-refractivity contribution in [2.24, 2.45) is 0 Å². The van der Waals surface area contributed by atoms with Gasteiger partial charge in [-0.25, -0.2) is 9.18 Å². The molecule has 9 heteroatoms. The molecule has 1 fully saturated rings. The minimum Gasteiger partial charge on any atom is -0.444 e. The highest BCUT2D eigenvalue weighted by molar-refractivity contribution is 6.05. The van der Waals surface area contributed by atoms with Crippen molar-refractivity contribution < 1.29 is 28.3 Å². The summed E-state index contributed by atoms with van der Waals surface area (Å²) in [7, 11) is 0. The average Bonchev–Trinajstić information content (AvgIpc) is 3.06. The van der Waals surface area contributed by atoms with Gasteiger partial charge in [-0.1, -0.05) is 12.1 Å². The molecule has 0 radical (unpaired) electrons. The third-order valence-electron chi connectivity index (χ3n) is 5.78. The Bertz CT molecular complexity index is 1150. The van der Waals surface area contributed by atoms with Crippen molar-refractivity contribution in [1.82, 2.24) is 10.2 Å². The van der Waals surface area contributed by atoms with Crippen LogP contribution in [0.5, 0.6) is 0 Å². The molecular formula is C23H22FN3O5. The van der Waals surface area contributed by atoms with Crippen LogP contribution in [0.2, 0.25) is 0 Å². The van der Waals surface area contributed by atoms with Crippen molar-refractivity contribution in [1.29, 1.82) is 0 Å². The molecule has 166 valence electrons. The molecule has 1 unspecified atom stereocenters. The second-order valence-electron chi connectivity index (χ2n) is 8.01. The van der Waals surface area contributed by atoms with Crippen LogP contribution < -0.4 is 10.6 Å². The average molecular weight is 439 g/mol. The van der Waals surface area contributed by atoms with E-state index in [0.717, 1.165) is 16.7 Å². The number of ether oxygens (including phenoxy) is 1. The monoisotopic (exact) mass is 439 g/mol. The number of hydrogen-bond donors (Lipinski definition) is 2. The number of benzene rings is 2. The Morgan fingerprint density at radius 3 is 2.69 bits per heavy atom. The molecule has 1 saturated heterocycles. The summed E-state index contributed by atoms with van der Waals surface area (Å²) >= 11 is 0. The van der Waals surface area contributed by atoms with Gasteiger partial charge in [-0.3, -0.25) is 25.0 Å². The fourth-order valence-corrected chi connectivity index (χ4v) is 3.86. The number of amides is 4. The number of nitrogens with one attached hydrogen (secondary N) is 2. The second kappa shape index (κ2) is 8.41. The first-order chi connectivity index (χ1) is 15.2. The zero-order valence-electron chi connectivity index (χ0n) is 17.7. The Labute approximate surface area is 183 Å². The summed E-state index contributed by atoms with van der Waals surface area (Å²) in [5.74, 6) is -1.67. The number of hydrogen-bond acceptors (Lipinski definition) is 5. The number of fused-ring (bicyclic) bond motifs is 1. The van der Waals surface area contributed by atoms with Crippen molar-refractivity contribution in [3.8, 4) is 0 Å². The van der Waals surface area contributed by atoms with E-state index in [0.29, 0.717) is 11.1 Å². The molecule has 2 aromatic rings. The summed E-state index contributed by atoms with van der Waals surface area (Å²) in [5, 5.41) is 4.65. The third-order valence-corrected chi connectivity index (χ3v) is 5.78. The fourth-order valence-electron chi connectivity index (χ4n) is 3.86. The van der Waals surface area contributed by atoms with Gasteiger partial charge in [0.25, 0.3) is 5.91 Å². The van der Waals surface area contributed by atoms with Gasteiger partial charge in [0.05, 0.1) is 5.69 Å². The van der Waals surface area contributed by atoms with E-state index in [1.54, 1.807) is 25.1 Å². The third kappa shape index (κ3) is 4.18. The van der Waals surface area contributed by atoms with Crippen LogP contribution in [0.3, 0.4) is 0 Å². The predicted octanol–water partition coefficient (Wildman–Crippen LogP) is 2.95. The molecule has 0 bridgehead atoms. The number of carbonyl (C=O) groups is 4. The highest BCUT2D eigenvalue weighted by Crippen LogP contribution is 2.28. The van der Waals surface area contributed by atoms with E-state index in [9.17, 15) is 23.6 Å². The molecule has 0 spiro atoms. The van der Waals surface area contributed by atoms with Gasteiger partial charge < -0.3 is 9.64 Å². The van der Waals surface area contributed by atoms with Crippen molar-refractivity contribution in [2.45, 2.75) is 45.9 Å². The van der Waals surface area contributed by atoms with Gasteiger partial charge in [0, 0.05) is 18.5 Å². The number of aryl methyl sites for hydroxylation is 2. The summed E-state index contributed by atoms with van der Waals surface area (Å²) in [6.45, 7) is 3.74. The quantitative estimate of drug-likeness (QED) is 0.713. The van der Waals surface area contributed by atoms with Crippen LogP contribution in [0.1, 0.15) is 45.5 Å². The normalized spacial score (nSPS) is 17.8. The standard InChI is InChI=1S/C23H22FN3O5/c1-12-7-17(24)18(8-13(12)2)25-23(31)32-11-14-3-4-15-10-27(22(30)16(15)9-14)19-5-6-20(28)26-21(19)29/h3-4,7-9,19H,5-6,10-11H2,1-2H3,(H,25,31)(H,26,28,29). The number of imide groups is 1. The Morgan fingerprint density at radius 2 is 1.94 bits per heavy atom. The van der Waals surface area contributed by atoms with Crippen LogP contribution in [0, 0.1) is 19.7 Å². The van der Waals surface area contributed by atoms with Crippen molar-refractivity contribution in [2.75, 3.05) is 5.32 Å². The Balaban J connectivity index is 1.40. The SMILES string of the molecule is Cc1cc(F)c(NC(=O)OCc2ccc3c(c2)C(=O)N(C2CCC(=O)NC2=O)C3)cc1C. The zero-order valence-corrected chi connectivity index (χ0v) is 17.7. The van der Waals surface area contributed by atoms with Crippen LogP contribution in [0.4, 0.5) is 14.9 Å². The molecule has 8 nitrogen and oxygen atoms in total. The minimum absolute atomic E-state index is 0.0297. The van der Waals surface area contributed by atoms with Crippen LogP contribution in [-0.4, -0.2) is 34.8 Å². The molecule has 1 atom stereocenters. The molecule has 0 aromatic heterocycles. The largest absolute Gasteiger partial charge is 0.444 e. The summed E-state index contributed by atoms with van der Waals surface area (Å²) in [6, 6.07) is 7.27. The van der Waals surface area contributed by atoms with E-state index in [2.05, 4.69) is 10.6 Å². The lowest BCUT2D eigenvalue weighted by atomic mass is 10.0. The summed E-state index contributed by atoms with van der Waals surface area (Å²) in [5.41, 5.74) is 3.40. The first kappa shape index (κ1) is 21.5. The minimum atomic E-state index is -0.816. The van der Waals surface area contributed by atoms with Crippen LogP contribution in [-0.2, 0) is 27.5 Å². The first-order valence-electron chi connectivity index (χ1n) is 10.2. The lowest BCUT2D eigenvalue weighted by Crippen LogP contribution is -2.52. The van der Waals surface area contributed by atoms with Crippen LogP contribution >= 0.6 is 0 Å². The van der Waals surface area contributed by atoms with E-state index >= 15 is 0 Å². The van der Waals surface area contributed by atoms with Crippen molar-refractivity contribution in [3.63, 3.8) is 0 Å². The molecule has 4 rings (SSSR count). The number of nitrogens with zero attached hydrogens (tertiary/aromatic N) is 1. The van der Waals surface area contributed by atoms with Crippen molar-refractivity contribution in [3.05, 3.63) is 64.0 Å². The maximum Gasteiger partial charge on any atom is 0.412 e. The molecule has 0 aliphatic carbocycles. The molecule has 2 aliphatic rings. The Kier molecular flexibility index (Phi) is 5.65. The molecule has 32 heavy (non-hydrogen) atoms. The van der Waals surface area contributed by atoms with E-state index in [1.165, 1.54) is 17.0 Å². The summed E-state index contributed by atoms with van der Waals surface area (Å²) < 4.78 is 19.2. The van der Waals surface area contributed by atoms with Gasteiger partial charge in [-0.15, -0.1) is 0 Å². The van der Waals surface area contributed by atoms with Gasteiger partial charge in [0.2, 0.25) is 11.8 Å². The maximum atomic E-state index is 14.0. The van der Waals surface area contributed by atoms with Gasteiger partial charge in [0.15, 0.2) is 0 Å². The maximum absolute atomic E-state index is 14.0. The van der Waals surface area contributed by atoms with Gasteiger partial charge in [-0.05, 0) is 60.7 Å². The topological polar surface area (TPSA) is 105 Å². The van der Waals surface area contributed by atoms with Crippen LogP contribution in [0.15, 0.2) is 30.3 Å². The first-order valence-corrected chi connectivity index (χ1v) is 10.2. The Morgan fingerprint density at radius 1 is 1.19 bits per heavy atom. The second-order valence-corrected chi connectivity index (χ2v) is 8.01. The van der Waals surface area contributed by atoms with E-state index in [1.807, 2.05) is 6.92 Å². The highest BCUT2D eigenvalue weighted by Gasteiger charge is 2.39. The number of anilines is 1. The number of halogens is 1. The molecule has 2 heterocycles. The summed E-state index contributed by atoms with van der Waals surface area (Å²) in [4.78, 5) is 49.9. The summed E-state index contributed by atoms with van der Waals surface area (Å²) in [6.07, 6.45) is -0.342. The Hall–Kier alpha value is -3.75. The molecule has 4 amide bonds. The molecular weight excluding hydrogens is 417 g/mol.